The van der Waals surface area contributed by atoms with E-state index in [9.17, 15) is 14.3 Å². The molecule has 0 amide bonds. The predicted octanol–water partition coefficient (Wildman–Crippen LogP) is 2.90. The van der Waals surface area contributed by atoms with Crippen molar-refractivity contribution in [1.82, 2.24) is 0 Å². The average molecular weight is 232 g/mol. The second-order valence-electron chi connectivity index (χ2n) is 3.58. The predicted molar refractivity (Wildman–Crippen MR) is 60.5 cm³/mol. The number of phenols is 1. The van der Waals surface area contributed by atoms with E-state index >= 15 is 0 Å². The molecular formula is C13H9FO3. The van der Waals surface area contributed by atoms with Gasteiger partial charge < -0.3 is 10.2 Å². The van der Waals surface area contributed by atoms with E-state index in [0.717, 1.165) is 6.07 Å². The zero-order chi connectivity index (χ0) is 12.4. The Morgan fingerprint density at radius 2 is 1.65 bits per heavy atom. The van der Waals surface area contributed by atoms with Gasteiger partial charge in [0.2, 0.25) is 0 Å². The Hall–Kier alpha value is -2.36. The minimum atomic E-state index is -1.12. The molecule has 0 spiro atoms. The lowest BCUT2D eigenvalue weighted by Crippen LogP contribution is -1.96. The summed E-state index contributed by atoms with van der Waals surface area (Å²) in [5, 5.41) is 18.3. The fourth-order valence-electron chi connectivity index (χ4n) is 1.54. The Kier molecular flexibility index (Phi) is 2.78. The maximum atomic E-state index is 12.7. The van der Waals surface area contributed by atoms with Crippen molar-refractivity contribution in [3.63, 3.8) is 0 Å². The molecule has 0 aliphatic rings. The fraction of sp³-hybridized carbons (Fsp3) is 0. The molecule has 0 radical (unpaired) electrons. The molecule has 0 atom stereocenters. The molecular weight excluding hydrogens is 223 g/mol. The van der Waals surface area contributed by atoms with Crippen LogP contribution in [-0.2, 0) is 0 Å². The van der Waals surface area contributed by atoms with Crippen LogP contribution in [0.3, 0.4) is 0 Å². The van der Waals surface area contributed by atoms with Gasteiger partial charge in [-0.2, -0.15) is 0 Å². The first-order chi connectivity index (χ1) is 8.06. The van der Waals surface area contributed by atoms with Crippen LogP contribution in [0.15, 0.2) is 42.5 Å². The summed E-state index contributed by atoms with van der Waals surface area (Å²) >= 11 is 0. The van der Waals surface area contributed by atoms with E-state index in [1.165, 1.54) is 36.4 Å². The normalized spacial score (nSPS) is 10.2. The molecule has 17 heavy (non-hydrogen) atoms. The van der Waals surface area contributed by atoms with E-state index in [2.05, 4.69) is 0 Å². The lowest BCUT2D eigenvalue weighted by atomic mass is 10.0. The minimum Gasteiger partial charge on any atom is -0.508 e. The molecule has 0 fully saturated rings. The molecule has 0 bridgehead atoms. The Bertz CT molecular complexity index is 561. The zero-order valence-electron chi connectivity index (χ0n) is 8.72. The van der Waals surface area contributed by atoms with Gasteiger partial charge in [0.05, 0.1) is 5.56 Å². The fourth-order valence-corrected chi connectivity index (χ4v) is 1.54. The number of hydrogen-bond acceptors (Lipinski definition) is 2. The van der Waals surface area contributed by atoms with Gasteiger partial charge in [-0.05, 0) is 41.5 Å². The number of phenolic OH excluding ortho intramolecular Hbond substituents is 1. The molecule has 2 rings (SSSR count). The molecule has 0 unspecified atom stereocenters. The lowest BCUT2D eigenvalue weighted by Gasteiger charge is -2.04. The van der Waals surface area contributed by atoms with Gasteiger partial charge in [0, 0.05) is 0 Å². The number of carbonyl (C=O) groups is 1. The molecule has 3 nitrogen and oxygen atoms in total. The molecule has 2 aromatic carbocycles. The van der Waals surface area contributed by atoms with Crippen molar-refractivity contribution >= 4 is 5.97 Å². The Morgan fingerprint density at radius 3 is 2.24 bits per heavy atom. The number of carboxylic acid groups (broad SMARTS) is 1. The molecule has 0 saturated carbocycles. The van der Waals surface area contributed by atoms with Crippen molar-refractivity contribution in [3.05, 3.63) is 53.8 Å². The van der Waals surface area contributed by atoms with E-state index in [-0.39, 0.29) is 17.1 Å². The largest absolute Gasteiger partial charge is 0.508 e. The Balaban J connectivity index is 2.51. The van der Waals surface area contributed by atoms with E-state index in [1.807, 2.05) is 0 Å². The van der Waals surface area contributed by atoms with E-state index < -0.39 is 5.97 Å². The zero-order valence-corrected chi connectivity index (χ0v) is 8.72. The molecule has 0 heterocycles. The van der Waals surface area contributed by atoms with Crippen molar-refractivity contribution in [2.24, 2.45) is 0 Å². The maximum absolute atomic E-state index is 12.7. The minimum absolute atomic E-state index is 0.00988. The van der Waals surface area contributed by atoms with Gasteiger partial charge in [-0.1, -0.05) is 12.1 Å². The molecule has 2 aromatic rings. The maximum Gasteiger partial charge on any atom is 0.335 e. The van der Waals surface area contributed by atoms with Gasteiger partial charge in [-0.25, -0.2) is 9.18 Å². The van der Waals surface area contributed by atoms with E-state index in [4.69, 9.17) is 5.11 Å². The summed E-state index contributed by atoms with van der Waals surface area (Å²) in [4.78, 5) is 10.8. The van der Waals surface area contributed by atoms with Crippen molar-refractivity contribution in [3.8, 4) is 16.9 Å². The average Bonchev–Trinajstić information content (AvgIpc) is 2.29. The first-order valence-electron chi connectivity index (χ1n) is 4.89. The van der Waals surface area contributed by atoms with Crippen LogP contribution in [0, 0.1) is 5.82 Å². The van der Waals surface area contributed by atoms with Crippen LogP contribution >= 0.6 is 0 Å². The summed E-state index contributed by atoms with van der Waals surface area (Å²) in [5.41, 5.74) is 1.16. The highest BCUT2D eigenvalue weighted by molar-refractivity contribution is 5.90. The number of rotatable bonds is 2. The number of aromatic carboxylic acids is 1. The molecule has 0 aliphatic carbocycles. The molecule has 0 aromatic heterocycles. The van der Waals surface area contributed by atoms with Gasteiger partial charge >= 0.3 is 5.97 Å². The highest BCUT2D eigenvalue weighted by atomic mass is 19.1. The van der Waals surface area contributed by atoms with Crippen LogP contribution in [0.25, 0.3) is 11.1 Å². The van der Waals surface area contributed by atoms with E-state index in [0.29, 0.717) is 11.1 Å². The molecule has 2 N–H and O–H groups in total. The second kappa shape index (κ2) is 4.25. The van der Waals surface area contributed by atoms with Crippen molar-refractivity contribution in [2.75, 3.05) is 0 Å². The van der Waals surface area contributed by atoms with Gasteiger partial charge in [-0.3, -0.25) is 0 Å². The van der Waals surface area contributed by atoms with Crippen molar-refractivity contribution < 1.29 is 19.4 Å². The SMILES string of the molecule is O=C(O)c1cc(O)cc(-c2ccc(F)cc2)c1. The van der Waals surface area contributed by atoms with Crippen LogP contribution in [0.4, 0.5) is 4.39 Å². The molecule has 0 aliphatic heterocycles. The van der Waals surface area contributed by atoms with Crippen LogP contribution in [0.2, 0.25) is 0 Å². The second-order valence-corrected chi connectivity index (χ2v) is 3.58. The lowest BCUT2D eigenvalue weighted by molar-refractivity contribution is 0.0696. The van der Waals surface area contributed by atoms with Crippen LogP contribution in [0.1, 0.15) is 10.4 Å². The third-order valence-electron chi connectivity index (χ3n) is 2.34. The van der Waals surface area contributed by atoms with E-state index in [1.54, 1.807) is 0 Å². The first kappa shape index (κ1) is 11.1. The third kappa shape index (κ3) is 2.42. The van der Waals surface area contributed by atoms with Crippen molar-refractivity contribution in [2.45, 2.75) is 0 Å². The van der Waals surface area contributed by atoms with Crippen LogP contribution in [0.5, 0.6) is 5.75 Å². The Morgan fingerprint density at radius 1 is 1.00 bits per heavy atom. The quantitative estimate of drug-likeness (QED) is 0.836. The molecule has 4 heteroatoms. The van der Waals surface area contributed by atoms with Crippen LogP contribution < -0.4 is 0 Å². The number of hydrogen-bond donors (Lipinski definition) is 2. The summed E-state index contributed by atoms with van der Waals surface area (Å²) in [6.45, 7) is 0. The molecule has 0 saturated heterocycles. The summed E-state index contributed by atoms with van der Waals surface area (Å²) in [7, 11) is 0. The number of benzene rings is 2. The number of halogens is 1. The van der Waals surface area contributed by atoms with Gasteiger partial charge in [0.25, 0.3) is 0 Å². The highest BCUT2D eigenvalue weighted by Gasteiger charge is 2.08. The summed E-state index contributed by atoms with van der Waals surface area (Å²) in [6, 6.07) is 9.62. The summed E-state index contributed by atoms with van der Waals surface area (Å²) in [6.07, 6.45) is 0. The number of aromatic hydroxyl groups is 1. The topological polar surface area (TPSA) is 57.5 Å². The van der Waals surface area contributed by atoms with Gasteiger partial charge in [-0.15, -0.1) is 0 Å². The standard InChI is InChI=1S/C13H9FO3/c14-11-3-1-8(2-4-11)9-5-10(13(16)17)7-12(15)6-9/h1-7,15H,(H,16,17). The Labute approximate surface area is 96.8 Å². The smallest absolute Gasteiger partial charge is 0.335 e. The highest BCUT2D eigenvalue weighted by Crippen LogP contribution is 2.25. The molecule has 86 valence electrons. The first-order valence-corrected chi connectivity index (χ1v) is 4.89. The third-order valence-corrected chi connectivity index (χ3v) is 2.34. The monoisotopic (exact) mass is 232 g/mol. The summed E-state index contributed by atoms with van der Waals surface area (Å²) < 4.78 is 12.7. The van der Waals surface area contributed by atoms with Gasteiger partial charge in [0.15, 0.2) is 0 Å². The van der Waals surface area contributed by atoms with Gasteiger partial charge in [0.1, 0.15) is 11.6 Å². The number of carboxylic acids is 1. The van der Waals surface area contributed by atoms with Crippen LogP contribution in [-0.4, -0.2) is 16.2 Å². The van der Waals surface area contributed by atoms with Crippen molar-refractivity contribution in [1.29, 1.82) is 0 Å². The summed E-state index contributed by atoms with van der Waals surface area (Å²) in [5.74, 6) is -1.62.